The number of aryl methyl sites for hydroxylation is 2. The van der Waals surface area contributed by atoms with Crippen LogP contribution in [0.3, 0.4) is 0 Å². The predicted molar refractivity (Wildman–Crippen MR) is 95.8 cm³/mol. The first-order valence-electron chi connectivity index (χ1n) is 8.51. The van der Waals surface area contributed by atoms with Crippen LogP contribution in [-0.4, -0.2) is 32.3 Å². The second-order valence-electron chi connectivity index (χ2n) is 6.09. The molecule has 0 spiro atoms. The van der Waals surface area contributed by atoms with E-state index in [0.29, 0.717) is 43.4 Å². The van der Waals surface area contributed by atoms with E-state index in [9.17, 15) is 4.79 Å². The van der Waals surface area contributed by atoms with Gasteiger partial charge in [0.05, 0.1) is 19.8 Å². The highest BCUT2D eigenvalue weighted by molar-refractivity contribution is 5.94. The molecule has 0 aromatic heterocycles. The zero-order chi connectivity index (χ0) is 17.6. The molecule has 2 aromatic carbocycles. The van der Waals surface area contributed by atoms with Gasteiger partial charge in [-0.3, -0.25) is 4.79 Å². The lowest BCUT2D eigenvalue weighted by Crippen LogP contribution is -2.28. The summed E-state index contributed by atoms with van der Waals surface area (Å²) in [5.41, 5.74) is 2.84. The second kappa shape index (κ2) is 7.92. The Labute approximate surface area is 147 Å². The van der Waals surface area contributed by atoms with E-state index in [1.54, 1.807) is 18.2 Å². The largest absolute Gasteiger partial charge is 0.491 e. The third kappa shape index (κ3) is 4.44. The lowest BCUT2D eigenvalue weighted by Gasteiger charge is -2.11. The summed E-state index contributed by atoms with van der Waals surface area (Å²) in [5, 5.41) is 2.86. The van der Waals surface area contributed by atoms with Gasteiger partial charge in [-0.25, -0.2) is 0 Å². The predicted octanol–water partition coefficient (Wildman–Crippen LogP) is 3.27. The molecule has 0 unspecified atom stereocenters. The summed E-state index contributed by atoms with van der Waals surface area (Å²) in [6, 6.07) is 11.3. The number of benzene rings is 2. The van der Waals surface area contributed by atoms with Gasteiger partial charge in [0.15, 0.2) is 11.5 Å². The van der Waals surface area contributed by atoms with Gasteiger partial charge in [0.1, 0.15) is 12.4 Å². The van der Waals surface area contributed by atoms with Crippen molar-refractivity contribution >= 4 is 5.91 Å². The number of ether oxygens (including phenoxy) is 3. The molecule has 132 valence electrons. The van der Waals surface area contributed by atoms with Crippen LogP contribution in [0.15, 0.2) is 36.4 Å². The second-order valence-corrected chi connectivity index (χ2v) is 6.09. The fourth-order valence-corrected chi connectivity index (χ4v) is 2.69. The van der Waals surface area contributed by atoms with Crippen molar-refractivity contribution in [3.63, 3.8) is 0 Å². The molecule has 1 aliphatic heterocycles. The number of hydrogen-bond donors (Lipinski definition) is 1. The van der Waals surface area contributed by atoms with Crippen molar-refractivity contribution in [3.8, 4) is 17.2 Å². The molecule has 0 fully saturated rings. The minimum atomic E-state index is -0.153. The van der Waals surface area contributed by atoms with Gasteiger partial charge < -0.3 is 19.5 Å². The first kappa shape index (κ1) is 17.1. The van der Waals surface area contributed by atoms with Crippen molar-refractivity contribution in [1.82, 2.24) is 5.32 Å². The van der Waals surface area contributed by atoms with E-state index in [1.807, 2.05) is 26.0 Å². The molecule has 25 heavy (non-hydrogen) atoms. The van der Waals surface area contributed by atoms with Crippen LogP contribution in [0, 0.1) is 13.8 Å². The van der Waals surface area contributed by atoms with Gasteiger partial charge in [0.2, 0.25) is 0 Å². The van der Waals surface area contributed by atoms with Crippen LogP contribution < -0.4 is 19.5 Å². The van der Waals surface area contributed by atoms with Gasteiger partial charge in [0.25, 0.3) is 5.91 Å². The summed E-state index contributed by atoms with van der Waals surface area (Å²) in [4.78, 5) is 12.3. The molecule has 0 aliphatic carbocycles. The lowest BCUT2D eigenvalue weighted by molar-refractivity contribution is 0.0946. The molecule has 5 heteroatoms. The van der Waals surface area contributed by atoms with Crippen LogP contribution >= 0.6 is 0 Å². The Morgan fingerprint density at radius 2 is 1.88 bits per heavy atom. The molecule has 0 bridgehead atoms. The van der Waals surface area contributed by atoms with Gasteiger partial charge >= 0.3 is 0 Å². The summed E-state index contributed by atoms with van der Waals surface area (Å²) >= 11 is 0. The zero-order valence-electron chi connectivity index (χ0n) is 14.6. The van der Waals surface area contributed by atoms with Crippen molar-refractivity contribution < 1.29 is 19.0 Å². The van der Waals surface area contributed by atoms with E-state index < -0.39 is 0 Å². The van der Waals surface area contributed by atoms with Gasteiger partial charge in [-0.2, -0.15) is 0 Å². The Bertz CT molecular complexity index is 757. The number of hydrogen-bond acceptors (Lipinski definition) is 4. The Kier molecular flexibility index (Phi) is 5.43. The average molecular weight is 341 g/mol. The third-order valence-electron chi connectivity index (χ3n) is 3.99. The fraction of sp³-hybridized carbons (Fsp3) is 0.350. The average Bonchev–Trinajstić information content (AvgIpc) is 2.84. The third-order valence-corrected chi connectivity index (χ3v) is 3.99. The van der Waals surface area contributed by atoms with Gasteiger partial charge in [-0.15, -0.1) is 0 Å². The van der Waals surface area contributed by atoms with Gasteiger partial charge in [0, 0.05) is 12.0 Å². The summed E-state index contributed by atoms with van der Waals surface area (Å²) in [7, 11) is 0. The molecule has 0 radical (unpaired) electrons. The SMILES string of the molecule is Cc1ccc(OCCNC(=O)c2ccc3c(c2)OCCCO3)c(C)c1. The van der Waals surface area contributed by atoms with Crippen molar-refractivity contribution in [2.45, 2.75) is 20.3 Å². The minimum absolute atomic E-state index is 0.153. The van der Waals surface area contributed by atoms with Crippen LogP contribution in [0.1, 0.15) is 27.9 Å². The number of carbonyl (C=O) groups excluding carboxylic acids is 1. The van der Waals surface area contributed by atoms with Gasteiger partial charge in [-0.1, -0.05) is 17.7 Å². The number of carbonyl (C=O) groups is 1. The van der Waals surface area contributed by atoms with Crippen molar-refractivity contribution in [2.24, 2.45) is 0 Å². The van der Waals surface area contributed by atoms with Crippen LogP contribution in [0.2, 0.25) is 0 Å². The Balaban J connectivity index is 1.51. The van der Waals surface area contributed by atoms with Crippen molar-refractivity contribution in [2.75, 3.05) is 26.4 Å². The smallest absolute Gasteiger partial charge is 0.251 e. The Hall–Kier alpha value is -2.69. The highest BCUT2D eigenvalue weighted by Crippen LogP contribution is 2.30. The maximum atomic E-state index is 12.3. The summed E-state index contributed by atoms with van der Waals surface area (Å²) in [5.74, 6) is 2.00. The van der Waals surface area contributed by atoms with E-state index in [4.69, 9.17) is 14.2 Å². The van der Waals surface area contributed by atoms with Crippen LogP contribution in [0.25, 0.3) is 0 Å². The maximum Gasteiger partial charge on any atom is 0.251 e. The topological polar surface area (TPSA) is 56.8 Å². The molecule has 1 heterocycles. The van der Waals surface area contributed by atoms with Gasteiger partial charge in [-0.05, 0) is 43.7 Å². The van der Waals surface area contributed by atoms with Crippen molar-refractivity contribution in [3.05, 3.63) is 53.1 Å². The molecule has 1 N–H and O–H groups in total. The number of amides is 1. The van der Waals surface area contributed by atoms with E-state index >= 15 is 0 Å². The van der Waals surface area contributed by atoms with E-state index in [-0.39, 0.29) is 5.91 Å². The quantitative estimate of drug-likeness (QED) is 0.848. The highest BCUT2D eigenvalue weighted by atomic mass is 16.5. The minimum Gasteiger partial charge on any atom is -0.491 e. The maximum absolute atomic E-state index is 12.3. The molecule has 0 saturated heterocycles. The monoisotopic (exact) mass is 341 g/mol. The number of nitrogens with one attached hydrogen (secondary N) is 1. The molecule has 2 aromatic rings. The molecule has 0 atom stereocenters. The molecule has 3 rings (SSSR count). The molecule has 1 amide bonds. The van der Waals surface area contributed by atoms with Crippen molar-refractivity contribution in [1.29, 1.82) is 0 Å². The van der Waals surface area contributed by atoms with E-state index in [2.05, 4.69) is 11.4 Å². The highest BCUT2D eigenvalue weighted by Gasteiger charge is 2.14. The van der Waals surface area contributed by atoms with E-state index in [1.165, 1.54) is 5.56 Å². The molecular weight excluding hydrogens is 318 g/mol. The summed E-state index contributed by atoms with van der Waals surface area (Å²) in [6.45, 7) is 6.14. The van der Waals surface area contributed by atoms with Crippen LogP contribution in [0.5, 0.6) is 17.2 Å². The molecular formula is C20H23NO4. The zero-order valence-corrected chi connectivity index (χ0v) is 14.6. The Morgan fingerprint density at radius 1 is 1.08 bits per heavy atom. The summed E-state index contributed by atoms with van der Waals surface area (Å²) in [6.07, 6.45) is 0.839. The fourth-order valence-electron chi connectivity index (χ4n) is 2.69. The Morgan fingerprint density at radius 3 is 2.68 bits per heavy atom. The standard InChI is InChI=1S/C20H23NO4/c1-14-4-6-17(15(2)12-14)25-11-8-21-20(22)16-5-7-18-19(13-16)24-10-3-9-23-18/h4-7,12-13H,3,8-11H2,1-2H3,(H,21,22). The number of rotatable bonds is 5. The van der Waals surface area contributed by atoms with Crippen LogP contribution in [-0.2, 0) is 0 Å². The first-order valence-corrected chi connectivity index (χ1v) is 8.51. The summed E-state index contributed by atoms with van der Waals surface area (Å²) < 4.78 is 16.9. The lowest BCUT2D eigenvalue weighted by atomic mass is 10.1. The molecule has 0 saturated carbocycles. The number of fused-ring (bicyclic) bond motifs is 1. The van der Waals surface area contributed by atoms with E-state index in [0.717, 1.165) is 17.7 Å². The first-order chi connectivity index (χ1) is 12.1. The molecule has 1 aliphatic rings. The molecule has 5 nitrogen and oxygen atoms in total. The normalized spacial score (nSPS) is 13.0. The van der Waals surface area contributed by atoms with Crippen LogP contribution in [0.4, 0.5) is 0 Å².